The maximum Gasteiger partial charge on any atom is 0.264 e. The largest absolute Gasteiger partial charge is 0.378 e. The molecule has 0 radical (unpaired) electrons. The molecule has 6 heteroatoms. The summed E-state index contributed by atoms with van der Waals surface area (Å²) in [6.45, 7) is 6.15. The first-order valence-electron chi connectivity index (χ1n) is 10.1. The molecule has 29 heavy (non-hydrogen) atoms. The Kier molecular flexibility index (Phi) is 5.16. The second-order valence-electron chi connectivity index (χ2n) is 7.52. The third-order valence-electron chi connectivity index (χ3n) is 5.84. The van der Waals surface area contributed by atoms with Crippen LogP contribution in [0.3, 0.4) is 0 Å². The molecule has 0 saturated carbocycles. The lowest BCUT2D eigenvalue weighted by Gasteiger charge is -2.33. The second-order valence-corrected chi connectivity index (χ2v) is 9.55. The highest BCUT2D eigenvalue weighted by molar-refractivity contribution is 7.18. The van der Waals surface area contributed by atoms with E-state index in [0.29, 0.717) is 0 Å². The van der Waals surface area contributed by atoms with Gasteiger partial charge in [-0.05, 0) is 42.0 Å². The van der Waals surface area contributed by atoms with E-state index in [1.54, 1.807) is 11.3 Å². The van der Waals surface area contributed by atoms with Crippen LogP contribution >= 0.6 is 22.7 Å². The van der Waals surface area contributed by atoms with Gasteiger partial charge in [0.1, 0.15) is 0 Å². The number of anilines is 1. The zero-order valence-electron chi connectivity index (χ0n) is 16.5. The molecule has 0 aliphatic carbocycles. The van der Waals surface area contributed by atoms with Crippen molar-refractivity contribution in [3.8, 4) is 11.1 Å². The van der Waals surface area contributed by atoms with Crippen molar-refractivity contribution in [2.45, 2.75) is 19.4 Å². The van der Waals surface area contributed by atoms with Crippen molar-refractivity contribution in [2.75, 3.05) is 37.7 Å². The summed E-state index contributed by atoms with van der Waals surface area (Å²) in [4.78, 5) is 20.2. The predicted octanol–water partition coefficient (Wildman–Crippen LogP) is 5.07. The highest BCUT2D eigenvalue weighted by atomic mass is 32.1. The summed E-state index contributed by atoms with van der Waals surface area (Å²) in [5, 5.41) is 3.33. The van der Waals surface area contributed by atoms with Crippen LogP contribution < -0.4 is 4.90 Å². The Morgan fingerprint density at radius 2 is 1.90 bits per heavy atom. The Balaban J connectivity index is 1.50. The minimum atomic E-state index is 0.131. The van der Waals surface area contributed by atoms with Crippen LogP contribution in [0.4, 0.5) is 5.00 Å². The Labute approximate surface area is 179 Å². The van der Waals surface area contributed by atoms with Crippen LogP contribution in [0.2, 0.25) is 0 Å². The fourth-order valence-corrected chi connectivity index (χ4v) is 6.39. The van der Waals surface area contributed by atoms with Crippen LogP contribution in [0.15, 0.2) is 47.8 Å². The second kappa shape index (κ2) is 7.94. The maximum atomic E-state index is 13.5. The minimum absolute atomic E-state index is 0.131. The van der Waals surface area contributed by atoms with Crippen molar-refractivity contribution in [1.29, 1.82) is 0 Å². The first-order valence-corrected chi connectivity index (χ1v) is 11.8. The van der Waals surface area contributed by atoms with Crippen molar-refractivity contribution in [1.82, 2.24) is 4.90 Å². The van der Waals surface area contributed by atoms with Gasteiger partial charge in [-0.1, -0.05) is 30.3 Å². The number of hydrogen-bond acceptors (Lipinski definition) is 5. The molecule has 1 unspecified atom stereocenters. The molecule has 3 aromatic rings. The average molecular weight is 425 g/mol. The molecule has 2 aromatic heterocycles. The number of amides is 1. The topological polar surface area (TPSA) is 32.8 Å². The fourth-order valence-electron chi connectivity index (χ4n) is 4.24. The maximum absolute atomic E-state index is 13.5. The Morgan fingerprint density at radius 1 is 1.10 bits per heavy atom. The molecule has 1 fully saturated rings. The van der Waals surface area contributed by atoms with Gasteiger partial charge in [0.25, 0.3) is 5.91 Å². The lowest BCUT2D eigenvalue weighted by atomic mass is 10.0. The Morgan fingerprint density at radius 3 is 2.69 bits per heavy atom. The van der Waals surface area contributed by atoms with E-state index in [2.05, 4.69) is 53.6 Å². The van der Waals surface area contributed by atoms with Crippen LogP contribution in [-0.2, 0) is 11.2 Å². The molecule has 0 N–H and O–H groups in total. The molecule has 1 atom stereocenters. The van der Waals surface area contributed by atoms with Gasteiger partial charge in [0.2, 0.25) is 0 Å². The molecule has 2 aliphatic rings. The lowest BCUT2D eigenvalue weighted by molar-refractivity contribution is 0.0684. The van der Waals surface area contributed by atoms with Crippen LogP contribution in [0.1, 0.15) is 33.1 Å². The molecular formula is C23H24N2O2S2. The van der Waals surface area contributed by atoms with Crippen molar-refractivity contribution < 1.29 is 9.53 Å². The first-order chi connectivity index (χ1) is 14.2. The number of rotatable bonds is 3. The first kappa shape index (κ1) is 18.9. The van der Waals surface area contributed by atoms with Crippen molar-refractivity contribution >= 4 is 33.6 Å². The average Bonchev–Trinajstić information content (AvgIpc) is 3.43. The SMILES string of the molecule is CC1c2ccsc2CCN1C(=O)c1cc(-c2ccccc2)c(N2CCOCC2)s1. The normalized spacial score (nSPS) is 19.3. The third-order valence-corrected chi connectivity index (χ3v) is 8.02. The molecule has 4 nitrogen and oxygen atoms in total. The van der Waals surface area contributed by atoms with Crippen LogP contribution in [-0.4, -0.2) is 43.7 Å². The van der Waals surface area contributed by atoms with E-state index < -0.39 is 0 Å². The molecule has 0 spiro atoms. The summed E-state index contributed by atoms with van der Waals surface area (Å²) < 4.78 is 5.54. The summed E-state index contributed by atoms with van der Waals surface area (Å²) in [5.74, 6) is 0.149. The van der Waals surface area contributed by atoms with E-state index in [-0.39, 0.29) is 11.9 Å². The van der Waals surface area contributed by atoms with Gasteiger partial charge >= 0.3 is 0 Å². The van der Waals surface area contributed by atoms with Crippen LogP contribution in [0.25, 0.3) is 11.1 Å². The lowest BCUT2D eigenvalue weighted by Crippen LogP contribution is -2.38. The van der Waals surface area contributed by atoms with Gasteiger partial charge in [-0.15, -0.1) is 22.7 Å². The number of thiophene rings is 2. The molecule has 5 rings (SSSR count). The summed E-state index contributed by atoms with van der Waals surface area (Å²) in [6, 6.07) is 14.8. The number of carbonyl (C=O) groups is 1. The Hall–Kier alpha value is -2.15. The molecule has 1 saturated heterocycles. The minimum Gasteiger partial charge on any atom is -0.378 e. The van der Waals surface area contributed by atoms with Crippen LogP contribution in [0, 0.1) is 0 Å². The van der Waals surface area contributed by atoms with Gasteiger partial charge in [-0.3, -0.25) is 4.79 Å². The molecule has 0 bridgehead atoms. The molecule has 1 amide bonds. The standard InChI is InChI=1S/C23H24N2O2S2/c1-16-18-8-14-28-20(18)7-9-25(16)22(26)21-15-19(17-5-3-2-4-6-17)23(29-21)24-10-12-27-13-11-24/h2-6,8,14-16H,7,9-13H2,1H3. The van der Waals surface area contributed by atoms with E-state index in [9.17, 15) is 4.79 Å². The van der Waals surface area contributed by atoms with Gasteiger partial charge in [-0.25, -0.2) is 0 Å². The highest BCUT2D eigenvalue weighted by Crippen LogP contribution is 2.41. The van der Waals surface area contributed by atoms with Gasteiger partial charge in [0, 0.05) is 30.1 Å². The zero-order valence-corrected chi connectivity index (χ0v) is 18.1. The van der Waals surface area contributed by atoms with Gasteiger partial charge in [-0.2, -0.15) is 0 Å². The summed E-state index contributed by atoms with van der Waals surface area (Å²) in [7, 11) is 0. The van der Waals surface area contributed by atoms with Gasteiger partial charge in [0.05, 0.1) is 29.1 Å². The number of morpholine rings is 1. The number of nitrogens with zero attached hydrogens (tertiary/aromatic N) is 2. The van der Waals surface area contributed by atoms with E-state index in [1.807, 2.05) is 22.3 Å². The van der Waals surface area contributed by atoms with Gasteiger partial charge in [0.15, 0.2) is 0 Å². The smallest absolute Gasteiger partial charge is 0.264 e. The number of fused-ring (bicyclic) bond motifs is 1. The zero-order chi connectivity index (χ0) is 19.8. The fraction of sp³-hybridized carbons (Fsp3) is 0.348. The number of carbonyl (C=O) groups excluding carboxylic acids is 1. The van der Waals surface area contributed by atoms with E-state index in [4.69, 9.17) is 4.74 Å². The van der Waals surface area contributed by atoms with E-state index in [0.717, 1.165) is 55.3 Å². The quantitative estimate of drug-likeness (QED) is 0.588. The number of benzene rings is 1. The number of ether oxygens (including phenoxy) is 1. The molecular weight excluding hydrogens is 400 g/mol. The van der Waals surface area contributed by atoms with Crippen molar-refractivity contribution in [2.24, 2.45) is 0 Å². The predicted molar refractivity (Wildman–Crippen MR) is 120 cm³/mol. The van der Waals surface area contributed by atoms with Crippen molar-refractivity contribution in [3.05, 3.63) is 63.2 Å². The van der Waals surface area contributed by atoms with Gasteiger partial charge < -0.3 is 14.5 Å². The third kappa shape index (κ3) is 3.50. The molecule has 150 valence electrons. The summed E-state index contributed by atoms with van der Waals surface area (Å²) >= 11 is 3.44. The summed E-state index contributed by atoms with van der Waals surface area (Å²) in [5.41, 5.74) is 3.63. The molecule has 4 heterocycles. The monoisotopic (exact) mass is 424 g/mol. The van der Waals surface area contributed by atoms with Crippen LogP contribution in [0.5, 0.6) is 0 Å². The van der Waals surface area contributed by atoms with E-state index >= 15 is 0 Å². The van der Waals surface area contributed by atoms with E-state index in [1.165, 1.54) is 15.4 Å². The molecule has 2 aliphatic heterocycles. The summed E-state index contributed by atoms with van der Waals surface area (Å²) in [6.07, 6.45) is 0.955. The molecule has 1 aromatic carbocycles. The highest BCUT2D eigenvalue weighted by Gasteiger charge is 2.31. The Bertz CT molecular complexity index is 1010. The van der Waals surface area contributed by atoms with Crippen molar-refractivity contribution in [3.63, 3.8) is 0 Å². The number of hydrogen-bond donors (Lipinski definition) is 0.